The Kier molecular flexibility index (Phi) is 41.3. The van der Waals surface area contributed by atoms with Crippen LogP contribution in [0.5, 0.6) is 5.75 Å². The number of nitrogens with two attached hydrogens (primary N) is 3. The number of nitrogens with zero attached hydrogens (tertiary/aromatic N) is 5. The minimum atomic E-state index is -1.76. The van der Waals surface area contributed by atoms with Crippen molar-refractivity contribution in [1.82, 2.24) is 109 Å². The molecule has 1 unspecified atom stereocenters. The van der Waals surface area contributed by atoms with Gasteiger partial charge in [-0.3, -0.25) is 86.9 Å². The number of aromatic amines is 3. The maximum atomic E-state index is 15.1. The summed E-state index contributed by atoms with van der Waals surface area (Å²) in [7, 11) is 4.55. The second-order valence-corrected chi connectivity index (χ2v) is 36.1. The SMILES string of the molecule is CCCC[C@H](NC)C(=O)N[C@@H](CCCNC(=N)N)C(=O)NC(CSCC(=O)N[C@@H](Cc1ccc(O)cc1)C(=O)N(C)[C@@H](C)C(=O)N[C@@H](CC(N)=O)C(=O)N1CCC[C@H]1C(=O)N[C@@H](Cc1cnc[nH]1)C(=O)N[C@@H](CCC)C(=O)N1CCC[C@H]1C(=O)N[C@@H](Cc1c[nH]c2ccccc12)C(=O)NCC(=O)N[C@@H](Cc1c[nH]c2ccccc12)C(=O)N(C)[C@@H](CCCC)C1=CC1)C(=O)NCC(=O)N[C@@H](C)C(N)=O. The van der Waals surface area contributed by atoms with Crippen LogP contribution < -0.4 is 86.3 Å². The normalized spacial score (nSPS) is 16.4. The van der Waals surface area contributed by atoms with Crippen molar-refractivity contribution in [3.8, 4) is 5.75 Å². The lowest BCUT2D eigenvalue weighted by Crippen LogP contribution is -2.60. The molecule has 2 saturated heterocycles. The van der Waals surface area contributed by atoms with Gasteiger partial charge in [-0.15, -0.1) is 11.8 Å². The van der Waals surface area contributed by atoms with E-state index in [9.17, 15) is 81.8 Å². The zero-order chi connectivity index (χ0) is 100. The Morgan fingerprint density at radius 3 is 1.59 bits per heavy atom. The Labute approximate surface area is 804 Å². The summed E-state index contributed by atoms with van der Waals surface area (Å²) >= 11 is 0.804. The van der Waals surface area contributed by atoms with Crippen molar-refractivity contribution in [2.75, 3.05) is 65.4 Å². The largest absolute Gasteiger partial charge is 0.508 e. The Balaban J connectivity index is 0.854. The lowest BCUT2D eigenvalue weighted by molar-refractivity contribution is -0.145. The number of aromatic nitrogens is 4. The summed E-state index contributed by atoms with van der Waals surface area (Å²) < 4.78 is 0. The van der Waals surface area contributed by atoms with Gasteiger partial charge in [-0.05, 0) is 132 Å². The molecule has 2 aliphatic heterocycles. The van der Waals surface area contributed by atoms with Crippen LogP contribution in [0, 0.1) is 5.41 Å². The molecule has 1 aliphatic carbocycles. The number of thioether (sulfide) groups is 1. The third-order valence-corrected chi connectivity index (χ3v) is 25.8. The average molecular weight is 1930 g/mol. The van der Waals surface area contributed by atoms with E-state index in [4.69, 9.17) is 22.6 Å². The van der Waals surface area contributed by atoms with Gasteiger partial charge in [0, 0.05) is 111 Å². The fourth-order valence-electron chi connectivity index (χ4n) is 16.8. The first-order chi connectivity index (χ1) is 66.0. The number of guanidine groups is 1. The van der Waals surface area contributed by atoms with Crippen LogP contribution >= 0.6 is 11.8 Å². The van der Waals surface area contributed by atoms with E-state index < -0.39 is 198 Å². The number of imidazole rings is 1. The number of likely N-dealkylation sites (tertiary alicyclic amines) is 2. The van der Waals surface area contributed by atoms with Crippen LogP contribution in [-0.4, -0.2) is 301 Å². The Hall–Kier alpha value is -13.9. The second-order valence-electron chi connectivity index (χ2n) is 35.0. The quantitative estimate of drug-likeness (QED) is 0.00950. The minimum absolute atomic E-state index is 0.0135. The number of allylic oxidation sites excluding steroid dienone is 1. The fraction of sp³-hybridized carbons (Fsp3) is 0.521. The summed E-state index contributed by atoms with van der Waals surface area (Å²) in [6, 6.07) is 3.44. The first-order valence-corrected chi connectivity index (χ1v) is 48.0. The highest BCUT2D eigenvalue weighted by Gasteiger charge is 2.44. The van der Waals surface area contributed by atoms with Crippen LogP contribution in [0.3, 0.4) is 0 Å². The number of rotatable bonds is 56. The maximum Gasteiger partial charge on any atom is 0.246 e. The van der Waals surface area contributed by atoms with Gasteiger partial charge in [0.05, 0.1) is 43.7 Å². The summed E-state index contributed by atoms with van der Waals surface area (Å²) in [6.07, 6.45) is 13.7. The van der Waals surface area contributed by atoms with E-state index in [1.165, 1.54) is 62.6 Å². The van der Waals surface area contributed by atoms with Crippen LogP contribution in [0.2, 0.25) is 0 Å². The third-order valence-electron chi connectivity index (χ3n) is 24.7. The number of likely N-dealkylation sites (N-methyl/N-ethyl adjacent to an activating group) is 3. The molecule has 0 spiro atoms. The molecule has 44 heteroatoms. The van der Waals surface area contributed by atoms with Gasteiger partial charge < -0.3 is 126 Å². The van der Waals surface area contributed by atoms with Gasteiger partial charge in [0.2, 0.25) is 100 Å². The zero-order valence-electron chi connectivity index (χ0n) is 79.3. The summed E-state index contributed by atoms with van der Waals surface area (Å²) in [6.45, 7) is 7.23. The molecule has 6 aromatic rings. The maximum absolute atomic E-state index is 15.1. The number of H-pyrrole nitrogens is 3. The molecule has 17 amide bonds. The number of phenolic OH excluding ortho intramolecular Hbond substituents is 1. The molecule has 0 bridgehead atoms. The molecule has 0 radical (unpaired) electrons. The standard InChI is InChI=1S/C94H133N25O18S/c1-9-12-24-65(99-6)85(129)110-66(27-18-37-101-94(97)98)86(130)115-73(84(128)105-48-78(122)107-53(4)81(96)125)50-138-51-80(124)109-70(40-55-31-35-60(120)36-32-55)90(134)116(7)54(5)82(126)114-72(44-77(95)121)93(137)119-39-20-30-76(119)89(133)113-69(43-59-47-100-52-106-59)87(131)111-67(21-11-3)92(136)118-38-19-29-75(118)88(132)112-68(41-57-45-102-63-25-16-14-22-61(57)63)83(127)104-49-79(123)108-71(42-58-46-103-64-26-17-15-23-62(58)64)91(135)117(8)74(28-13-10-2)56-33-34-56/h14-17,22-23,25-26,31-33,35-36,45-47,52-54,65-76,99,102-103,120H,9-13,18-21,24,27-30,34,37-44,48-51H2,1-8H3,(H2,95,121)(H2,96,125)(H,100,106)(H,104,127)(H,105,128)(H,107,122)(H,108,123)(H,109,124)(H,110,129)(H,111,131)(H,112,132)(H,113,133)(H,114,126)(H,115,130)(H4,97,98,101)/t53-,54-,65-,66-,67-,68-,69-,70-,71-,72-,73?,74-,75-,76-/m0/s1. The number of unbranched alkanes of at least 4 members (excludes halogenated alkanes) is 2. The molecule has 5 heterocycles. The molecule has 748 valence electrons. The predicted octanol–water partition coefficient (Wildman–Crippen LogP) is -0.924. The minimum Gasteiger partial charge on any atom is -0.508 e. The average Bonchev–Trinajstić information content (AvgIpc) is 1.66. The molecule has 3 aromatic carbocycles. The molecular weight excluding hydrogens is 1800 g/mol. The Morgan fingerprint density at radius 2 is 1.04 bits per heavy atom. The number of aromatic hydroxyl groups is 1. The highest BCUT2D eigenvalue weighted by Crippen LogP contribution is 2.32. The fourth-order valence-corrected chi connectivity index (χ4v) is 17.7. The number of nitrogens with one attached hydrogen (secondary N) is 17. The number of hydrogen-bond acceptors (Lipinski definition) is 22. The second kappa shape index (κ2) is 53.0. The lowest BCUT2D eigenvalue weighted by atomic mass is 10.0. The van der Waals surface area contributed by atoms with E-state index >= 15 is 4.79 Å². The van der Waals surface area contributed by atoms with E-state index in [1.807, 2.05) is 61.7 Å². The summed E-state index contributed by atoms with van der Waals surface area (Å²) in [4.78, 5) is 260. The topological polar surface area (TPSA) is 642 Å². The number of primary amides is 2. The van der Waals surface area contributed by atoms with E-state index in [1.54, 1.807) is 32.1 Å². The van der Waals surface area contributed by atoms with Crippen molar-refractivity contribution in [2.45, 2.75) is 248 Å². The molecule has 3 aromatic heterocycles. The molecule has 43 nitrogen and oxygen atoms in total. The number of carbonyl (C=O) groups excluding carboxylic acids is 17. The monoisotopic (exact) mass is 1930 g/mol. The van der Waals surface area contributed by atoms with Gasteiger partial charge in [0.1, 0.15) is 78.3 Å². The molecule has 2 fully saturated rings. The number of benzene rings is 3. The van der Waals surface area contributed by atoms with E-state index in [0.717, 1.165) is 86.6 Å². The number of carbonyl (C=O) groups is 17. The van der Waals surface area contributed by atoms with Gasteiger partial charge >= 0.3 is 0 Å². The Morgan fingerprint density at radius 1 is 0.529 bits per heavy atom. The molecular formula is C94H133N25O18S. The zero-order valence-corrected chi connectivity index (χ0v) is 80.1. The summed E-state index contributed by atoms with van der Waals surface area (Å²) in [5.41, 5.74) is 21.5. The molecule has 138 heavy (non-hydrogen) atoms. The van der Waals surface area contributed by atoms with Gasteiger partial charge in [-0.2, -0.15) is 0 Å². The third kappa shape index (κ3) is 31.6. The number of fused-ring (bicyclic) bond motifs is 2. The van der Waals surface area contributed by atoms with Crippen molar-refractivity contribution in [3.63, 3.8) is 0 Å². The van der Waals surface area contributed by atoms with Gasteiger partial charge in [-0.25, -0.2) is 4.98 Å². The number of hydrogen-bond donors (Lipinski definition) is 21. The summed E-state index contributed by atoms with van der Waals surface area (Å²) in [5, 5.41) is 54.3. The Bertz CT molecular complexity index is 5320. The number of phenols is 1. The van der Waals surface area contributed by atoms with Crippen molar-refractivity contribution in [1.29, 1.82) is 5.41 Å². The predicted molar refractivity (Wildman–Crippen MR) is 514 cm³/mol. The van der Waals surface area contributed by atoms with Gasteiger partial charge in [0.15, 0.2) is 5.96 Å². The van der Waals surface area contributed by atoms with Gasteiger partial charge in [-0.1, -0.05) is 107 Å². The first kappa shape index (κ1) is 108. The number of para-hydroxylation sites is 2. The molecule has 3 aliphatic rings. The molecule has 24 N–H and O–H groups in total. The van der Waals surface area contributed by atoms with Crippen LogP contribution in [0.25, 0.3) is 21.8 Å². The number of amides is 17. The molecule has 9 rings (SSSR count). The lowest BCUT2D eigenvalue weighted by Gasteiger charge is -2.32. The van der Waals surface area contributed by atoms with Gasteiger partial charge in [0.25, 0.3) is 0 Å². The van der Waals surface area contributed by atoms with E-state index in [0.29, 0.717) is 42.5 Å². The van der Waals surface area contributed by atoms with Crippen LogP contribution in [-0.2, 0) is 107 Å². The highest BCUT2D eigenvalue weighted by atomic mass is 32.2. The van der Waals surface area contributed by atoms with Crippen molar-refractivity contribution in [3.05, 3.63) is 132 Å². The van der Waals surface area contributed by atoms with Crippen LogP contribution in [0.15, 0.2) is 109 Å². The molecule has 0 saturated carbocycles. The van der Waals surface area contributed by atoms with Crippen molar-refractivity contribution < 1.29 is 86.6 Å². The van der Waals surface area contributed by atoms with E-state index in [-0.39, 0.29) is 113 Å². The molecule has 14 atom stereocenters. The van der Waals surface area contributed by atoms with E-state index in [2.05, 4.69) is 102 Å². The smallest absolute Gasteiger partial charge is 0.246 e. The summed E-state index contributed by atoms with van der Waals surface area (Å²) in [5.74, 6) is -14.8. The van der Waals surface area contributed by atoms with Crippen molar-refractivity contribution >= 4 is 140 Å². The van der Waals surface area contributed by atoms with Crippen LogP contribution in [0.4, 0.5) is 0 Å². The van der Waals surface area contributed by atoms with Crippen LogP contribution in [0.1, 0.15) is 160 Å². The first-order valence-electron chi connectivity index (χ1n) is 46.9. The highest BCUT2D eigenvalue weighted by molar-refractivity contribution is 8.00. The van der Waals surface area contributed by atoms with Crippen molar-refractivity contribution in [2.24, 2.45) is 17.2 Å².